The van der Waals surface area contributed by atoms with Gasteiger partial charge in [-0.2, -0.15) is 4.31 Å². The maximum Gasteiger partial charge on any atom is 0.246 e. The van der Waals surface area contributed by atoms with E-state index in [9.17, 15) is 12.8 Å². The zero-order valence-corrected chi connectivity index (χ0v) is 14.0. The summed E-state index contributed by atoms with van der Waals surface area (Å²) in [6.45, 7) is 1.13. The summed E-state index contributed by atoms with van der Waals surface area (Å²) in [4.78, 5) is 3.82. The van der Waals surface area contributed by atoms with Crippen molar-refractivity contribution in [2.24, 2.45) is 7.05 Å². The SMILES string of the molecule is Cn1ccnc1C1CNCCN1S(=O)(=O)c1cc(Cl)ccc1F. The van der Waals surface area contributed by atoms with Gasteiger partial charge in [-0.05, 0) is 18.2 Å². The number of nitrogens with zero attached hydrogens (tertiary/aromatic N) is 3. The van der Waals surface area contributed by atoms with Crippen LogP contribution >= 0.6 is 11.6 Å². The van der Waals surface area contributed by atoms with Crippen LogP contribution in [-0.4, -0.2) is 41.9 Å². The summed E-state index contributed by atoms with van der Waals surface area (Å²) in [6, 6.07) is 3.02. The number of halogens is 2. The topological polar surface area (TPSA) is 67.2 Å². The highest BCUT2D eigenvalue weighted by Crippen LogP contribution is 2.30. The Hall–Kier alpha value is -1.48. The van der Waals surface area contributed by atoms with Gasteiger partial charge in [0.05, 0.1) is 6.04 Å². The molecule has 0 bridgehead atoms. The molecule has 1 N–H and O–H groups in total. The number of rotatable bonds is 3. The lowest BCUT2D eigenvalue weighted by Gasteiger charge is -2.34. The number of nitrogens with one attached hydrogen (secondary N) is 1. The molecule has 124 valence electrons. The first kappa shape index (κ1) is 16.4. The molecule has 6 nitrogen and oxygen atoms in total. The fraction of sp³-hybridized carbons (Fsp3) is 0.357. The van der Waals surface area contributed by atoms with E-state index in [0.29, 0.717) is 18.9 Å². The average molecular weight is 359 g/mol. The number of hydrogen-bond donors (Lipinski definition) is 1. The lowest BCUT2D eigenvalue weighted by atomic mass is 10.2. The Balaban J connectivity index is 2.06. The highest BCUT2D eigenvalue weighted by molar-refractivity contribution is 7.89. The predicted octanol–water partition coefficient (Wildman–Crippen LogP) is 1.55. The summed E-state index contributed by atoms with van der Waals surface area (Å²) < 4.78 is 43.0. The van der Waals surface area contributed by atoms with Crippen LogP contribution in [0.25, 0.3) is 0 Å². The number of aryl methyl sites for hydroxylation is 1. The van der Waals surface area contributed by atoms with Gasteiger partial charge in [-0.1, -0.05) is 11.6 Å². The number of hydrogen-bond acceptors (Lipinski definition) is 4. The summed E-state index contributed by atoms with van der Waals surface area (Å²) in [5, 5.41) is 3.33. The average Bonchev–Trinajstić information content (AvgIpc) is 2.95. The summed E-state index contributed by atoms with van der Waals surface area (Å²) in [7, 11) is -2.23. The maximum atomic E-state index is 14.1. The number of aromatic nitrogens is 2. The van der Waals surface area contributed by atoms with Crippen LogP contribution in [0.15, 0.2) is 35.5 Å². The van der Waals surface area contributed by atoms with E-state index in [-0.39, 0.29) is 11.6 Å². The number of benzene rings is 1. The largest absolute Gasteiger partial charge is 0.337 e. The molecular formula is C14H16ClFN4O2S. The van der Waals surface area contributed by atoms with E-state index in [0.717, 1.165) is 12.1 Å². The molecule has 0 radical (unpaired) electrons. The monoisotopic (exact) mass is 358 g/mol. The van der Waals surface area contributed by atoms with Crippen molar-refractivity contribution in [1.82, 2.24) is 19.2 Å². The second-order valence-corrected chi connectivity index (χ2v) is 7.60. The predicted molar refractivity (Wildman–Crippen MR) is 84.1 cm³/mol. The van der Waals surface area contributed by atoms with Crippen LogP contribution in [-0.2, 0) is 17.1 Å². The summed E-state index contributed by atoms with van der Waals surface area (Å²) in [5.41, 5.74) is 0. The molecule has 0 spiro atoms. The number of piperazine rings is 1. The smallest absolute Gasteiger partial charge is 0.246 e. The second kappa shape index (κ2) is 6.20. The zero-order chi connectivity index (χ0) is 16.6. The Morgan fingerprint density at radius 3 is 2.91 bits per heavy atom. The van der Waals surface area contributed by atoms with Gasteiger partial charge in [-0.25, -0.2) is 17.8 Å². The van der Waals surface area contributed by atoms with Crippen molar-refractivity contribution in [3.8, 4) is 0 Å². The van der Waals surface area contributed by atoms with Crippen LogP contribution in [0.1, 0.15) is 11.9 Å². The third kappa shape index (κ3) is 2.99. The van der Waals surface area contributed by atoms with Gasteiger partial charge in [0, 0.05) is 44.1 Å². The minimum Gasteiger partial charge on any atom is -0.337 e. The summed E-state index contributed by atoms with van der Waals surface area (Å²) in [5.74, 6) is -0.213. The van der Waals surface area contributed by atoms with Crippen molar-refractivity contribution in [3.05, 3.63) is 47.3 Å². The van der Waals surface area contributed by atoms with Gasteiger partial charge < -0.3 is 9.88 Å². The Labute approximate surface area is 138 Å². The van der Waals surface area contributed by atoms with Crippen molar-refractivity contribution in [2.45, 2.75) is 10.9 Å². The molecule has 1 saturated heterocycles. The van der Waals surface area contributed by atoms with Gasteiger partial charge in [-0.15, -0.1) is 0 Å². The molecule has 0 aliphatic carbocycles. The molecule has 1 unspecified atom stereocenters. The first-order valence-corrected chi connectivity index (χ1v) is 8.88. The van der Waals surface area contributed by atoms with Crippen molar-refractivity contribution in [1.29, 1.82) is 0 Å². The lowest BCUT2D eigenvalue weighted by molar-refractivity contribution is 0.257. The minimum atomic E-state index is -4.03. The maximum absolute atomic E-state index is 14.1. The van der Waals surface area contributed by atoms with E-state index in [1.54, 1.807) is 24.0 Å². The summed E-state index contributed by atoms with van der Waals surface area (Å²) >= 11 is 5.84. The molecule has 1 aliphatic heterocycles. The molecular weight excluding hydrogens is 343 g/mol. The fourth-order valence-corrected chi connectivity index (χ4v) is 4.61. The number of imidazole rings is 1. The number of sulfonamides is 1. The van der Waals surface area contributed by atoms with E-state index in [2.05, 4.69) is 10.3 Å². The molecule has 2 heterocycles. The minimum absolute atomic E-state index is 0.175. The lowest BCUT2D eigenvalue weighted by Crippen LogP contribution is -2.49. The molecule has 1 aromatic heterocycles. The van der Waals surface area contributed by atoms with Crippen LogP contribution in [0.4, 0.5) is 4.39 Å². The molecule has 3 rings (SSSR count). The third-order valence-corrected chi connectivity index (χ3v) is 5.99. The molecule has 9 heteroatoms. The van der Waals surface area contributed by atoms with Gasteiger partial charge >= 0.3 is 0 Å². The fourth-order valence-electron chi connectivity index (χ4n) is 2.69. The van der Waals surface area contributed by atoms with Crippen LogP contribution < -0.4 is 5.32 Å². The highest BCUT2D eigenvalue weighted by atomic mass is 35.5. The van der Waals surface area contributed by atoms with E-state index in [4.69, 9.17) is 11.6 Å². The standard InChI is InChI=1S/C14H16ClFN4O2S/c1-19-6-5-18-14(19)12-9-17-4-7-20(12)23(21,22)13-8-10(15)2-3-11(13)16/h2-3,5-6,8,12,17H,4,7,9H2,1H3. The molecule has 0 amide bonds. The Bertz CT molecular complexity index is 824. The Morgan fingerprint density at radius 2 is 2.22 bits per heavy atom. The van der Waals surface area contributed by atoms with Gasteiger partial charge in [0.2, 0.25) is 10.0 Å². The van der Waals surface area contributed by atoms with Crippen molar-refractivity contribution in [3.63, 3.8) is 0 Å². The van der Waals surface area contributed by atoms with E-state index in [1.165, 1.54) is 10.4 Å². The Kier molecular flexibility index (Phi) is 4.41. The molecule has 1 aliphatic rings. The van der Waals surface area contributed by atoms with Gasteiger partial charge in [0.25, 0.3) is 0 Å². The van der Waals surface area contributed by atoms with E-state index < -0.39 is 26.8 Å². The molecule has 1 aromatic carbocycles. The van der Waals surface area contributed by atoms with Crippen molar-refractivity contribution in [2.75, 3.05) is 19.6 Å². The third-order valence-electron chi connectivity index (χ3n) is 3.83. The first-order chi connectivity index (χ1) is 10.9. The van der Waals surface area contributed by atoms with Gasteiger partial charge in [0.15, 0.2) is 0 Å². The van der Waals surface area contributed by atoms with E-state index >= 15 is 0 Å². The quantitative estimate of drug-likeness (QED) is 0.904. The second-order valence-electron chi connectivity index (χ2n) is 5.31. The molecule has 1 atom stereocenters. The van der Waals surface area contributed by atoms with Crippen LogP contribution in [0.3, 0.4) is 0 Å². The van der Waals surface area contributed by atoms with Crippen LogP contribution in [0.2, 0.25) is 5.02 Å². The van der Waals surface area contributed by atoms with Gasteiger partial charge in [-0.3, -0.25) is 0 Å². The van der Waals surface area contributed by atoms with Crippen LogP contribution in [0.5, 0.6) is 0 Å². The van der Waals surface area contributed by atoms with E-state index in [1.807, 2.05) is 0 Å². The van der Waals surface area contributed by atoms with Gasteiger partial charge in [0.1, 0.15) is 16.5 Å². The zero-order valence-electron chi connectivity index (χ0n) is 12.4. The molecule has 2 aromatic rings. The molecule has 23 heavy (non-hydrogen) atoms. The highest BCUT2D eigenvalue weighted by Gasteiger charge is 2.37. The summed E-state index contributed by atoms with van der Waals surface area (Å²) in [6.07, 6.45) is 3.35. The van der Waals surface area contributed by atoms with Crippen LogP contribution in [0, 0.1) is 5.82 Å². The Morgan fingerprint density at radius 1 is 1.43 bits per heavy atom. The first-order valence-electron chi connectivity index (χ1n) is 7.06. The normalized spacial score (nSPS) is 19.9. The molecule has 1 fully saturated rings. The molecule has 0 saturated carbocycles. The van der Waals surface area contributed by atoms with Crippen molar-refractivity contribution < 1.29 is 12.8 Å². The van der Waals surface area contributed by atoms with Crippen molar-refractivity contribution >= 4 is 21.6 Å².